The quantitative estimate of drug-likeness (QED) is 0.151. The van der Waals surface area contributed by atoms with Gasteiger partial charge in [-0.15, -0.1) is 0 Å². The molecule has 0 radical (unpaired) electrons. The van der Waals surface area contributed by atoms with Gasteiger partial charge in [0.2, 0.25) is 0 Å². The summed E-state index contributed by atoms with van der Waals surface area (Å²) in [4.78, 5) is 15.7. The molecule has 9 aromatic carbocycles. The van der Waals surface area contributed by atoms with Crippen molar-refractivity contribution in [1.29, 1.82) is 0 Å². The number of hydrogen-bond donors (Lipinski definition) is 0. The van der Waals surface area contributed by atoms with Crippen molar-refractivity contribution in [2.24, 2.45) is 0 Å². The molecule has 0 unspecified atom stereocenters. The summed E-state index contributed by atoms with van der Waals surface area (Å²) in [5.41, 5.74) is 15.7. The third-order valence-electron chi connectivity index (χ3n) is 12.2. The van der Waals surface area contributed by atoms with Crippen molar-refractivity contribution in [3.05, 3.63) is 231 Å². The normalized spacial score (nSPS) is 11.5. The van der Waals surface area contributed by atoms with Crippen molar-refractivity contribution < 1.29 is 0 Å². The maximum Gasteiger partial charge on any atom is 0.160 e. The van der Waals surface area contributed by atoms with Crippen molar-refractivity contribution in [3.63, 3.8) is 0 Å². The standard InChI is InChI=1S/C59H38N4/c1-4-16-39(17-5-1)51-37-53(41-18-6-2-7-19-41)60-52-33-32-40-30-31-44(36-50(40)58(51)52)43-22-14-23-45(34-43)54-38-55(62-59(61-54)42-20-8-3-9-21-42)46-24-15-25-47(35-46)63-56-28-12-10-26-48(56)49-27-11-13-29-57(49)63/h1-38H. The second kappa shape index (κ2) is 15.2. The van der Waals surface area contributed by atoms with Gasteiger partial charge >= 0.3 is 0 Å². The zero-order valence-electron chi connectivity index (χ0n) is 34.2. The van der Waals surface area contributed by atoms with Gasteiger partial charge in [-0.1, -0.05) is 176 Å². The van der Waals surface area contributed by atoms with Crippen molar-refractivity contribution in [3.8, 4) is 73.1 Å². The maximum atomic E-state index is 5.24. The SMILES string of the molecule is c1ccc(-c2cc(-c3ccccc3)c3c(ccc4ccc(-c5cccc(-c6cc(-c7cccc(-n8c9ccccc9c9ccccc98)c7)nc(-c7ccccc7)n6)c5)cc43)n2)cc1. The van der Waals surface area contributed by atoms with Gasteiger partial charge in [0, 0.05) is 44.1 Å². The van der Waals surface area contributed by atoms with Crippen LogP contribution in [0, 0.1) is 0 Å². The minimum Gasteiger partial charge on any atom is -0.309 e. The summed E-state index contributed by atoms with van der Waals surface area (Å²) in [5, 5.41) is 5.95. The van der Waals surface area contributed by atoms with E-state index in [1.54, 1.807) is 0 Å². The third kappa shape index (κ3) is 6.53. The summed E-state index contributed by atoms with van der Waals surface area (Å²) in [7, 11) is 0. The van der Waals surface area contributed by atoms with Crippen LogP contribution >= 0.6 is 0 Å². The lowest BCUT2D eigenvalue weighted by atomic mass is 9.92. The maximum absolute atomic E-state index is 5.24. The van der Waals surface area contributed by atoms with Gasteiger partial charge in [-0.2, -0.15) is 0 Å². The first-order valence-corrected chi connectivity index (χ1v) is 21.3. The Morgan fingerprint density at radius 2 is 0.825 bits per heavy atom. The molecule has 4 heteroatoms. The number of pyridine rings is 1. The summed E-state index contributed by atoms with van der Waals surface area (Å²) >= 11 is 0. The molecule has 12 rings (SSSR count). The molecule has 3 aromatic heterocycles. The fourth-order valence-electron chi connectivity index (χ4n) is 9.16. The van der Waals surface area contributed by atoms with E-state index >= 15 is 0 Å². The van der Waals surface area contributed by atoms with E-state index < -0.39 is 0 Å². The van der Waals surface area contributed by atoms with Crippen molar-refractivity contribution >= 4 is 43.5 Å². The van der Waals surface area contributed by atoms with Crippen molar-refractivity contribution in [1.82, 2.24) is 19.5 Å². The zero-order chi connectivity index (χ0) is 41.7. The minimum atomic E-state index is 0.684. The number of nitrogens with zero attached hydrogens (tertiary/aromatic N) is 4. The summed E-state index contributed by atoms with van der Waals surface area (Å²) in [6.45, 7) is 0. The molecule has 294 valence electrons. The molecule has 0 bridgehead atoms. The average Bonchev–Trinajstić information content (AvgIpc) is 3.71. The van der Waals surface area contributed by atoms with Gasteiger partial charge in [0.1, 0.15) is 0 Å². The number of hydrogen-bond acceptors (Lipinski definition) is 3. The van der Waals surface area contributed by atoms with Gasteiger partial charge in [0.05, 0.1) is 33.6 Å². The van der Waals surface area contributed by atoms with Gasteiger partial charge in [0.15, 0.2) is 5.82 Å². The Hall–Kier alpha value is -8.47. The first kappa shape index (κ1) is 36.4. The van der Waals surface area contributed by atoms with Crippen LogP contribution in [0.5, 0.6) is 0 Å². The fraction of sp³-hybridized carbons (Fsp3) is 0. The highest BCUT2D eigenvalue weighted by Gasteiger charge is 2.17. The van der Waals surface area contributed by atoms with Crippen LogP contribution in [0.25, 0.3) is 117 Å². The Labute approximate surface area is 365 Å². The molecule has 3 heterocycles. The lowest BCUT2D eigenvalue weighted by Gasteiger charge is -2.14. The molecule has 0 fully saturated rings. The molecule has 0 N–H and O–H groups in total. The molecular weight excluding hydrogens is 765 g/mol. The summed E-state index contributed by atoms with van der Waals surface area (Å²) < 4.78 is 2.35. The van der Waals surface area contributed by atoms with Gasteiger partial charge in [-0.25, -0.2) is 15.0 Å². The summed E-state index contributed by atoms with van der Waals surface area (Å²) in [6, 6.07) is 81.6. The van der Waals surface area contributed by atoms with Gasteiger partial charge in [0.25, 0.3) is 0 Å². The predicted molar refractivity (Wildman–Crippen MR) is 262 cm³/mol. The van der Waals surface area contributed by atoms with Crippen LogP contribution in [0.2, 0.25) is 0 Å². The molecule has 0 atom stereocenters. The average molecular weight is 803 g/mol. The first-order valence-electron chi connectivity index (χ1n) is 21.3. The Morgan fingerprint density at radius 3 is 1.52 bits per heavy atom. The second-order valence-electron chi connectivity index (χ2n) is 16.0. The highest BCUT2D eigenvalue weighted by molar-refractivity contribution is 6.15. The molecule has 0 aliphatic carbocycles. The van der Waals surface area contributed by atoms with E-state index in [9.17, 15) is 0 Å². The Morgan fingerprint density at radius 1 is 0.302 bits per heavy atom. The molecule has 0 amide bonds. The lowest BCUT2D eigenvalue weighted by molar-refractivity contribution is 1.16. The van der Waals surface area contributed by atoms with Crippen LogP contribution in [0.15, 0.2) is 231 Å². The van der Waals surface area contributed by atoms with E-state index in [4.69, 9.17) is 15.0 Å². The molecule has 0 saturated heterocycles. The molecule has 0 saturated carbocycles. The predicted octanol–water partition coefficient (Wildman–Crippen LogP) is 15.3. The number of aromatic nitrogens is 4. The topological polar surface area (TPSA) is 43.6 Å². The number of benzene rings is 9. The van der Waals surface area contributed by atoms with Crippen LogP contribution < -0.4 is 0 Å². The molecule has 0 spiro atoms. The van der Waals surface area contributed by atoms with Crippen molar-refractivity contribution in [2.45, 2.75) is 0 Å². The molecule has 0 aliphatic heterocycles. The van der Waals surface area contributed by atoms with Gasteiger partial charge in [-0.3, -0.25) is 0 Å². The van der Waals surface area contributed by atoms with Crippen molar-refractivity contribution in [2.75, 3.05) is 0 Å². The Kier molecular flexibility index (Phi) is 8.79. The van der Waals surface area contributed by atoms with E-state index in [0.717, 1.165) is 72.6 Å². The third-order valence-corrected chi connectivity index (χ3v) is 12.2. The largest absolute Gasteiger partial charge is 0.309 e. The van der Waals surface area contributed by atoms with Gasteiger partial charge in [-0.05, 0) is 87.6 Å². The van der Waals surface area contributed by atoms with Gasteiger partial charge < -0.3 is 4.57 Å². The van der Waals surface area contributed by atoms with E-state index in [1.807, 2.05) is 24.3 Å². The molecule has 0 aliphatic rings. The monoisotopic (exact) mass is 802 g/mol. The van der Waals surface area contributed by atoms with Crippen LogP contribution in [0.1, 0.15) is 0 Å². The Balaban J connectivity index is 0.993. The molecule has 63 heavy (non-hydrogen) atoms. The number of rotatable bonds is 7. The highest BCUT2D eigenvalue weighted by atomic mass is 15.0. The zero-order valence-corrected chi connectivity index (χ0v) is 34.2. The van der Waals surface area contributed by atoms with E-state index in [2.05, 4.69) is 211 Å². The Bertz CT molecular complexity index is 3620. The molecular formula is C59H38N4. The minimum absolute atomic E-state index is 0.684. The summed E-state index contributed by atoms with van der Waals surface area (Å²) in [5.74, 6) is 0.684. The van der Waals surface area contributed by atoms with E-state index in [0.29, 0.717) is 5.82 Å². The highest BCUT2D eigenvalue weighted by Crippen LogP contribution is 2.39. The van der Waals surface area contributed by atoms with E-state index in [1.165, 1.54) is 38.1 Å². The van der Waals surface area contributed by atoms with Crippen LogP contribution in [-0.4, -0.2) is 19.5 Å². The summed E-state index contributed by atoms with van der Waals surface area (Å²) in [6.07, 6.45) is 0. The van der Waals surface area contributed by atoms with Crippen LogP contribution in [-0.2, 0) is 0 Å². The second-order valence-corrected chi connectivity index (χ2v) is 16.0. The lowest BCUT2D eigenvalue weighted by Crippen LogP contribution is -1.98. The van der Waals surface area contributed by atoms with Crippen LogP contribution in [0.3, 0.4) is 0 Å². The number of para-hydroxylation sites is 2. The first-order chi connectivity index (χ1) is 31.2. The molecule has 12 aromatic rings. The van der Waals surface area contributed by atoms with Crippen LogP contribution in [0.4, 0.5) is 0 Å². The molecule has 4 nitrogen and oxygen atoms in total. The van der Waals surface area contributed by atoms with E-state index in [-0.39, 0.29) is 0 Å². The smallest absolute Gasteiger partial charge is 0.160 e. The number of fused-ring (bicyclic) bond motifs is 6. The fourth-order valence-corrected chi connectivity index (χ4v) is 9.16.